The second kappa shape index (κ2) is 8.63. The largest absolute Gasteiger partial charge is 0.326 e. The van der Waals surface area contributed by atoms with Gasteiger partial charge in [-0.1, -0.05) is 25.0 Å². The molecule has 1 aromatic rings. The molecule has 1 saturated carbocycles. The molecule has 0 atom stereocenters. The Morgan fingerprint density at radius 3 is 2.38 bits per heavy atom. The molecule has 4 heteroatoms. The highest BCUT2D eigenvalue weighted by Gasteiger charge is 2.23. The van der Waals surface area contributed by atoms with Crippen LogP contribution in [0.5, 0.6) is 0 Å². The molecular formula is C20H31N3O. The summed E-state index contributed by atoms with van der Waals surface area (Å²) in [5.74, 6) is 0.946. The van der Waals surface area contributed by atoms with E-state index in [-0.39, 0.29) is 5.91 Å². The number of benzene rings is 1. The van der Waals surface area contributed by atoms with Gasteiger partial charge in [-0.05, 0) is 62.4 Å². The molecule has 1 heterocycles. The number of anilines is 1. The fraction of sp³-hybridized carbons (Fsp3) is 0.650. The first-order valence-corrected chi connectivity index (χ1v) is 9.51. The molecule has 4 nitrogen and oxygen atoms in total. The van der Waals surface area contributed by atoms with Gasteiger partial charge in [-0.15, -0.1) is 0 Å². The monoisotopic (exact) mass is 329 g/mol. The van der Waals surface area contributed by atoms with Crippen LogP contribution in [-0.4, -0.2) is 36.5 Å². The van der Waals surface area contributed by atoms with Crippen LogP contribution in [0.25, 0.3) is 0 Å². The van der Waals surface area contributed by atoms with Gasteiger partial charge in [0.05, 0.1) is 0 Å². The molecular weight excluding hydrogens is 298 g/mol. The summed E-state index contributed by atoms with van der Waals surface area (Å²) >= 11 is 0. The van der Waals surface area contributed by atoms with Gasteiger partial charge in [-0.3, -0.25) is 4.79 Å². The SMILES string of the molecule is CC(=O)Nc1ccc(CNC2CCN(CC3CCCC3)CC2)cc1. The van der Waals surface area contributed by atoms with Crippen LogP contribution in [0.15, 0.2) is 24.3 Å². The quantitative estimate of drug-likeness (QED) is 0.841. The van der Waals surface area contributed by atoms with Crippen LogP contribution in [0, 0.1) is 5.92 Å². The molecule has 2 N–H and O–H groups in total. The van der Waals surface area contributed by atoms with E-state index in [2.05, 4.69) is 27.7 Å². The Balaban J connectivity index is 1.36. The summed E-state index contributed by atoms with van der Waals surface area (Å²) in [5, 5.41) is 6.51. The maximum Gasteiger partial charge on any atom is 0.221 e. The number of piperidine rings is 1. The highest BCUT2D eigenvalue weighted by molar-refractivity contribution is 5.88. The molecule has 0 radical (unpaired) electrons. The predicted molar refractivity (Wildman–Crippen MR) is 99.0 cm³/mol. The van der Waals surface area contributed by atoms with E-state index in [1.807, 2.05) is 12.1 Å². The van der Waals surface area contributed by atoms with Crippen molar-refractivity contribution in [1.29, 1.82) is 0 Å². The molecule has 0 unspecified atom stereocenters. The van der Waals surface area contributed by atoms with Crippen molar-refractivity contribution >= 4 is 11.6 Å². The summed E-state index contributed by atoms with van der Waals surface area (Å²) in [4.78, 5) is 13.7. The van der Waals surface area contributed by atoms with E-state index in [0.29, 0.717) is 6.04 Å². The van der Waals surface area contributed by atoms with E-state index in [0.717, 1.165) is 18.2 Å². The number of nitrogens with zero attached hydrogens (tertiary/aromatic N) is 1. The van der Waals surface area contributed by atoms with Crippen LogP contribution in [0.3, 0.4) is 0 Å². The number of carbonyl (C=O) groups excluding carboxylic acids is 1. The number of carbonyl (C=O) groups is 1. The third-order valence-electron chi connectivity index (χ3n) is 5.45. The van der Waals surface area contributed by atoms with Gasteiger partial charge < -0.3 is 15.5 Å². The molecule has 1 aliphatic carbocycles. The summed E-state index contributed by atoms with van der Waals surface area (Å²) < 4.78 is 0. The number of hydrogen-bond acceptors (Lipinski definition) is 3. The van der Waals surface area contributed by atoms with Crippen LogP contribution >= 0.6 is 0 Å². The zero-order chi connectivity index (χ0) is 16.8. The Kier molecular flexibility index (Phi) is 6.27. The van der Waals surface area contributed by atoms with Crippen molar-refractivity contribution in [3.63, 3.8) is 0 Å². The predicted octanol–water partition coefficient (Wildman–Crippen LogP) is 3.39. The van der Waals surface area contributed by atoms with Crippen LogP contribution < -0.4 is 10.6 Å². The Morgan fingerprint density at radius 1 is 1.08 bits per heavy atom. The van der Waals surface area contributed by atoms with Crippen LogP contribution in [0.2, 0.25) is 0 Å². The molecule has 1 aliphatic heterocycles. The Morgan fingerprint density at radius 2 is 1.75 bits per heavy atom. The Labute approximate surface area is 146 Å². The number of likely N-dealkylation sites (tertiary alicyclic amines) is 1. The van der Waals surface area contributed by atoms with Crippen molar-refractivity contribution < 1.29 is 4.79 Å². The highest BCUT2D eigenvalue weighted by Crippen LogP contribution is 2.26. The van der Waals surface area contributed by atoms with Gasteiger partial charge in [0.25, 0.3) is 0 Å². The van der Waals surface area contributed by atoms with E-state index >= 15 is 0 Å². The molecule has 0 spiro atoms. The van der Waals surface area contributed by atoms with Gasteiger partial charge in [0.2, 0.25) is 5.91 Å². The first kappa shape index (κ1) is 17.4. The third-order valence-corrected chi connectivity index (χ3v) is 5.45. The minimum absolute atomic E-state index is 0.0229. The van der Waals surface area contributed by atoms with E-state index < -0.39 is 0 Å². The molecule has 1 saturated heterocycles. The lowest BCUT2D eigenvalue weighted by Gasteiger charge is -2.34. The highest BCUT2D eigenvalue weighted by atomic mass is 16.1. The van der Waals surface area contributed by atoms with Gasteiger partial charge >= 0.3 is 0 Å². The Hall–Kier alpha value is -1.39. The number of amides is 1. The number of rotatable bonds is 6. The fourth-order valence-corrected chi connectivity index (χ4v) is 4.05. The standard InChI is InChI=1S/C20H31N3O/c1-16(24)22-20-8-6-17(7-9-20)14-21-19-10-12-23(13-11-19)15-18-4-2-3-5-18/h6-9,18-19,21H,2-5,10-15H2,1H3,(H,22,24). The lowest BCUT2D eigenvalue weighted by molar-refractivity contribution is -0.114. The molecule has 3 rings (SSSR count). The molecule has 1 aromatic carbocycles. The normalized spacial score (nSPS) is 20.4. The molecule has 0 aromatic heterocycles. The Bertz CT molecular complexity index is 514. The number of hydrogen-bond donors (Lipinski definition) is 2. The van der Waals surface area contributed by atoms with Gasteiger partial charge in [-0.25, -0.2) is 0 Å². The molecule has 24 heavy (non-hydrogen) atoms. The van der Waals surface area contributed by atoms with Crippen LogP contribution in [0.4, 0.5) is 5.69 Å². The van der Waals surface area contributed by atoms with Crippen molar-refractivity contribution in [1.82, 2.24) is 10.2 Å². The second-order valence-electron chi connectivity index (χ2n) is 7.48. The molecule has 2 aliphatic rings. The summed E-state index contributed by atoms with van der Waals surface area (Å²) in [6.07, 6.45) is 8.32. The van der Waals surface area contributed by atoms with Gasteiger partial charge in [0.15, 0.2) is 0 Å². The molecule has 2 fully saturated rings. The fourth-order valence-electron chi connectivity index (χ4n) is 4.05. The van der Waals surface area contributed by atoms with Crippen LogP contribution in [0.1, 0.15) is 51.0 Å². The summed E-state index contributed by atoms with van der Waals surface area (Å²) in [6, 6.07) is 8.77. The van der Waals surface area contributed by atoms with Gasteiger partial charge in [0, 0.05) is 31.7 Å². The van der Waals surface area contributed by atoms with Crippen molar-refractivity contribution in [3.05, 3.63) is 29.8 Å². The van der Waals surface area contributed by atoms with E-state index in [1.165, 1.54) is 70.6 Å². The second-order valence-corrected chi connectivity index (χ2v) is 7.48. The van der Waals surface area contributed by atoms with Crippen molar-refractivity contribution in [2.45, 2.75) is 58.0 Å². The van der Waals surface area contributed by atoms with Crippen molar-refractivity contribution in [2.75, 3.05) is 25.0 Å². The van der Waals surface area contributed by atoms with Gasteiger partial charge in [-0.2, -0.15) is 0 Å². The maximum atomic E-state index is 11.0. The lowest BCUT2D eigenvalue weighted by Crippen LogP contribution is -2.43. The maximum absolute atomic E-state index is 11.0. The summed E-state index contributed by atoms with van der Waals surface area (Å²) in [5.41, 5.74) is 2.14. The lowest BCUT2D eigenvalue weighted by atomic mass is 10.0. The zero-order valence-corrected chi connectivity index (χ0v) is 14.9. The molecule has 132 valence electrons. The zero-order valence-electron chi connectivity index (χ0n) is 14.9. The number of nitrogens with one attached hydrogen (secondary N) is 2. The van der Waals surface area contributed by atoms with E-state index in [1.54, 1.807) is 0 Å². The van der Waals surface area contributed by atoms with Crippen LogP contribution in [-0.2, 0) is 11.3 Å². The van der Waals surface area contributed by atoms with Crippen molar-refractivity contribution in [2.24, 2.45) is 5.92 Å². The minimum Gasteiger partial charge on any atom is -0.326 e. The van der Waals surface area contributed by atoms with E-state index in [9.17, 15) is 4.79 Å². The topological polar surface area (TPSA) is 44.4 Å². The first-order chi connectivity index (χ1) is 11.7. The average molecular weight is 329 g/mol. The minimum atomic E-state index is -0.0229. The summed E-state index contributed by atoms with van der Waals surface area (Å²) in [6.45, 7) is 6.27. The molecule has 0 bridgehead atoms. The van der Waals surface area contributed by atoms with E-state index in [4.69, 9.17) is 0 Å². The molecule has 1 amide bonds. The van der Waals surface area contributed by atoms with Crippen molar-refractivity contribution in [3.8, 4) is 0 Å². The smallest absolute Gasteiger partial charge is 0.221 e. The first-order valence-electron chi connectivity index (χ1n) is 9.51. The summed E-state index contributed by atoms with van der Waals surface area (Å²) in [7, 11) is 0. The average Bonchev–Trinajstić information content (AvgIpc) is 3.08. The third kappa shape index (κ3) is 5.32. The van der Waals surface area contributed by atoms with Gasteiger partial charge in [0.1, 0.15) is 0 Å².